The van der Waals surface area contributed by atoms with Crippen LogP contribution < -0.4 is 0 Å². The topological polar surface area (TPSA) is 38.7 Å². The Morgan fingerprint density at radius 3 is 2.67 bits per heavy atom. The molecule has 0 atom stereocenters. The van der Waals surface area contributed by atoms with Gasteiger partial charge in [-0.15, -0.1) is 5.10 Å². The van der Waals surface area contributed by atoms with Gasteiger partial charge in [-0.05, 0) is 18.2 Å². The average Bonchev–Trinajstić information content (AvgIpc) is 2.22. The first-order valence-electron chi connectivity index (χ1n) is 3.97. The van der Waals surface area contributed by atoms with Gasteiger partial charge < -0.3 is 0 Å². The van der Waals surface area contributed by atoms with Crippen LogP contribution in [-0.4, -0.2) is 15.2 Å². The minimum Gasteiger partial charge on any atom is -0.213 e. The molecule has 0 saturated carbocycles. The Bertz CT molecular complexity index is 504. The van der Waals surface area contributed by atoms with E-state index in [1.165, 1.54) is 24.4 Å². The van der Waals surface area contributed by atoms with Gasteiger partial charge in [0.25, 0.3) is 0 Å². The molecule has 2 rings (SSSR count). The van der Waals surface area contributed by atoms with Gasteiger partial charge in [0.15, 0.2) is 11.0 Å². The first kappa shape index (κ1) is 10.3. The SMILES string of the molecule is Fc1ccc(-c2nncc(Cl)n2)cc1Cl. The molecule has 0 radical (unpaired) electrons. The maximum atomic E-state index is 12.9. The van der Waals surface area contributed by atoms with E-state index in [0.717, 1.165) is 0 Å². The summed E-state index contributed by atoms with van der Waals surface area (Å²) in [5.74, 6) is -0.181. The van der Waals surface area contributed by atoms with E-state index in [1.54, 1.807) is 0 Å². The van der Waals surface area contributed by atoms with E-state index < -0.39 is 5.82 Å². The van der Waals surface area contributed by atoms with E-state index in [4.69, 9.17) is 23.2 Å². The van der Waals surface area contributed by atoms with Crippen LogP contribution in [0.3, 0.4) is 0 Å². The predicted molar refractivity (Wildman–Crippen MR) is 55.2 cm³/mol. The quantitative estimate of drug-likeness (QED) is 0.773. The van der Waals surface area contributed by atoms with Gasteiger partial charge in [0, 0.05) is 5.56 Å². The van der Waals surface area contributed by atoms with Gasteiger partial charge >= 0.3 is 0 Å². The largest absolute Gasteiger partial charge is 0.213 e. The minimum absolute atomic E-state index is 0.0103. The Morgan fingerprint density at radius 2 is 2.00 bits per heavy atom. The number of aromatic nitrogens is 3. The molecule has 0 aliphatic heterocycles. The number of hydrogen-bond acceptors (Lipinski definition) is 3. The number of nitrogens with zero attached hydrogens (tertiary/aromatic N) is 3. The van der Waals surface area contributed by atoms with Crippen molar-refractivity contribution in [1.82, 2.24) is 15.2 Å². The van der Waals surface area contributed by atoms with Crippen molar-refractivity contribution in [2.45, 2.75) is 0 Å². The van der Waals surface area contributed by atoms with Crippen molar-refractivity contribution in [3.05, 3.63) is 40.4 Å². The van der Waals surface area contributed by atoms with Gasteiger partial charge in [0.2, 0.25) is 0 Å². The van der Waals surface area contributed by atoms with Crippen molar-refractivity contribution in [2.24, 2.45) is 0 Å². The summed E-state index contributed by atoms with van der Waals surface area (Å²) >= 11 is 11.3. The summed E-state index contributed by atoms with van der Waals surface area (Å²) in [5.41, 5.74) is 0.566. The summed E-state index contributed by atoms with van der Waals surface area (Å²) < 4.78 is 12.9. The first-order chi connectivity index (χ1) is 7.16. The molecule has 0 spiro atoms. The zero-order chi connectivity index (χ0) is 10.8. The van der Waals surface area contributed by atoms with E-state index >= 15 is 0 Å². The zero-order valence-corrected chi connectivity index (χ0v) is 8.80. The third-order valence-corrected chi connectivity index (χ3v) is 2.18. The molecule has 0 aliphatic carbocycles. The molecular weight excluding hydrogens is 240 g/mol. The van der Waals surface area contributed by atoms with E-state index in [9.17, 15) is 4.39 Å². The number of hydrogen-bond donors (Lipinski definition) is 0. The molecule has 1 heterocycles. The highest BCUT2D eigenvalue weighted by atomic mass is 35.5. The molecular formula is C9H4Cl2FN3. The third-order valence-electron chi connectivity index (χ3n) is 1.71. The number of benzene rings is 1. The monoisotopic (exact) mass is 243 g/mol. The molecule has 15 heavy (non-hydrogen) atoms. The molecule has 3 nitrogen and oxygen atoms in total. The average molecular weight is 244 g/mol. The standard InChI is InChI=1S/C9H4Cl2FN3/c10-6-3-5(1-2-7(6)12)9-14-8(11)4-13-15-9/h1-4H. The molecule has 0 bridgehead atoms. The van der Waals surface area contributed by atoms with Crippen LogP contribution in [0.2, 0.25) is 10.2 Å². The molecule has 6 heteroatoms. The fraction of sp³-hybridized carbons (Fsp3) is 0. The van der Waals surface area contributed by atoms with Crippen LogP contribution in [0.15, 0.2) is 24.4 Å². The Kier molecular flexibility index (Phi) is 2.79. The lowest BCUT2D eigenvalue weighted by Gasteiger charge is -2.00. The van der Waals surface area contributed by atoms with E-state index in [0.29, 0.717) is 11.4 Å². The summed E-state index contributed by atoms with van der Waals surface area (Å²) in [6, 6.07) is 4.17. The van der Waals surface area contributed by atoms with Crippen LogP contribution in [0, 0.1) is 5.82 Å². The van der Waals surface area contributed by atoms with Crippen molar-refractivity contribution in [2.75, 3.05) is 0 Å². The van der Waals surface area contributed by atoms with Gasteiger partial charge in [-0.25, -0.2) is 9.37 Å². The Morgan fingerprint density at radius 1 is 1.20 bits per heavy atom. The van der Waals surface area contributed by atoms with Crippen LogP contribution in [0.1, 0.15) is 0 Å². The van der Waals surface area contributed by atoms with Crippen molar-refractivity contribution in [3.8, 4) is 11.4 Å². The van der Waals surface area contributed by atoms with E-state index in [-0.39, 0.29) is 10.2 Å². The normalized spacial score (nSPS) is 10.3. The molecule has 1 aromatic carbocycles. The summed E-state index contributed by atoms with van der Waals surface area (Å²) in [6.07, 6.45) is 1.32. The molecule has 0 aliphatic rings. The van der Waals surface area contributed by atoms with Crippen LogP contribution in [0.5, 0.6) is 0 Å². The molecule has 2 aromatic rings. The molecule has 76 valence electrons. The second-order valence-electron chi connectivity index (χ2n) is 2.73. The Labute approximate surface area is 94.9 Å². The molecule has 0 saturated heterocycles. The van der Waals surface area contributed by atoms with E-state index in [2.05, 4.69) is 15.2 Å². The lowest BCUT2D eigenvalue weighted by molar-refractivity contribution is 0.628. The van der Waals surface area contributed by atoms with Gasteiger partial charge in [-0.2, -0.15) is 5.10 Å². The highest BCUT2D eigenvalue weighted by molar-refractivity contribution is 6.31. The fourth-order valence-corrected chi connectivity index (χ4v) is 1.35. The maximum absolute atomic E-state index is 12.9. The van der Waals surface area contributed by atoms with Gasteiger partial charge in [0.1, 0.15) is 5.82 Å². The van der Waals surface area contributed by atoms with Crippen molar-refractivity contribution in [3.63, 3.8) is 0 Å². The lowest BCUT2D eigenvalue weighted by Crippen LogP contribution is -1.92. The molecule has 0 unspecified atom stereocenters. The maximum Gasteiger partial charge on any atom is 0.183 e. The fourth-order valence-electron chi connectivity index (χ4n) is 1.04. The number of halogens is 3. The van der Waals surface area contributed by atoms with Crippen LogP contribution in [-0.2, 0) is 0 Å². The first-order valence-corrected chi connectivity index (χ1v) is 4.73. The molecule has 1 aromatic heterocycles. The smallest absolute Gasteiger partial charge is 0.183 e. The van der Waals surface area contributed by atoms with Crippen molar-refractivity contribution < 1.29 is 4.39 Å². The summed E-state index contributed by atoms with van der Waals surface area (Å²) in [5, 5.41) is 7.62. The van der Waals surface area contributed by atoms with Crippen LogP contribution >= 0.6 is 23.2 Å². The zero-order valence-electron chi connectivity index (χ0n) is 7.28. The summed E-state index contributed by atoms with van der Waals surface area (Å²) in [4.78, 5) is 3.92. The molecule has 0 fully saturated rings. The molecule has 0 N–H and O–H groups in total. The van der Waals surface area contributed by atoms with Gasteiger partial charge in [-0.1, -0.05) is 23.2 Å². The summed E-state index contributed by atoms with van der Waals surface area (Å²) in [7, 11) is 0. The van der Waals surface area contributed by atoms with Gasteiger partial charge in [-0.3, -0.25) is 0 Å². The summed E-state index contributed by atoms with van der Waals surface area (Å²) in [6.45, 7) is 0. The molecule has 0 amide bonds. The third kappa shape index (κ3) is 2.22. The van der Waals surface area contributed by atoms with Crippen LogP contribution in [0.4, 0.5) is 4.39 Å². The van der Waals surface area contributed by atoms with Gasteiger partial charge in [0.05, 0.1) is 11.2 Å². The highest BCUT2D eigenvalue weighted by Gasteiger charge is 2.06. The highest BCUT2D eigenvalue weighted by Crippen LogP contribution is 2.22. The van der Waals surface area contributed by atoms with Crippen molar-refractivity contribution in [1.29, 1.82) is 0 Å². The Balaban J connectivity index is 2.50. The predicted octanol–water partition coefficient (Wildman–Crippen LogP) is 2.98. The van der Waals surface area contributed by atoms with Crippen molar-refractivity contribution >= 4 is 23.2 Å². The number of rotatable bonds is 1. The second kappa shape index (κ2) is 4.08. The second-order valence-corrected chi connectivity index (χ2v) is 3.53. The minimum atomic E-state index is -0.490. The Hall–Kier alpha value is -1.26. The van der Waals surface area contributed by atoms with E-state index in [1.807, 2.05) is 0 Å². The lowest BCUT2D eigenvalue weighted by atomic mass is 10.2. The van der Waals surface area contributed by atoms with Crippen LogP contribution in [0.25, 0.3) is 11.4 Å².